The number of fused-ring (bicyclic) bond motifs is 1. The lowest BCUT2D eigenvalue weighted by molar-refractivity contribution is -0.127. The van der Waals surface area contributed by atoms with Crippen molar-refractivity contribution in [2.45, 2.75) is 32.6 Å². The van der Waals surface area contributed by atoms with Crippen LogP contribution in [0.3, 0.4) is 0 Å². The molecule has 2 amide bonds. The highest BCUT2D eigenvalue weighted by molar-refractivity contribution is 6.18. The molecule has 19 heavy (non-hydrogen) atoms. The Kier molecular flexibility index (Phi) is 2.66. The molecule has 3 aliphatic rings. The Labute approximate surface area is 110 Å². The minimum absolute atomic E-state index is 0.000145. The molecule has 0 radical (unpaired) electrons. The van der Waals surface area contributed by atoms with Crippen LogP contribution >= 0.6 is 0 Å². The smallest absolute Gasteiger partial charge is 0.230 e. The molecule has 1 aliphatic heterocycles. The monoisotopic (exact) mass is 261 g/mol. The lowest BCUT2D eigenvalue weighted by Gasteiger charge is -2.30. The minimum Gasteiger partial charge on any atom is -0.299 e. The summed E-state index contributed by atoms with van der Waals surface area (Å²) in [5.74, 6) is -1.25. The van der Waals surface area contributed by atoms with E-state index < -0.39 is 0 Å². The van der Waals surface area contributed by atoms with Crippen LogP contribution in [0, 0.1) is 17.8 Å². The maximum Gasteiger partial charge on any atom is 0.230 e. The molecular formula is C14H15NO4. The molecule has 1 saturated heterocycles. The van der Waals surface area contributed by atoms with Crippen LogP contribution < -0.4 is 5.32 Å². The number of allylic oxidation sites excluding steroid dienone is 2. The number of carbonyl (C=O) groups excluding carboxylic acids is 4. The van der Waals surface area contributed by atoms with Crippen molar-refractivity contribution in [1.29, 1.82) is 0 Å². The van der Waals surface area contributed by atoms with E-state index in [9.17, 15) is 19.2 Å². The van der Waals surface area contributed by atoms with Crippen LogP contribution in [-0.4, -0.2) is 23.4 Å². The first-order valence-corrected chi connectivity index (χ1v) is 6.56. The number of carbonyl (C=O) groups is 4. The highest BCUT2D eigenvalue weighted by Gasteiger charge is 2.46. The van der Waals surface area contributed by atoms with Crippen molar-refractivity contribution in [3.8, 4) is 0 Å². The lowest BCUT2D eigenvalue weighted by Crippen LogP contribution is -2.31. The summed E-state index contributed by atoms with van der Waals surface area (Å²) in [5.41, 5.74) is 1.59. The van der Waals surface area contributed by atoms with E-state index in [-0.39, 0.29) is 54.0 Å². The van der Waals surface area contributed by atoms with Gasteiger partial charge in [0.15, 0.2) is 5.78 Å². The second-order valence-corrected chi connectivity index (χ2v) is 5.74. The molecular weight excluding hydrogens is 246 g/mol. The first kappa shape index (κ1) is 12.3. The lowest BCUT2D eigenvalue weighted by atomic mass is 9.72. The quantitative estimate of drug-likeness (QED) is 0.551. The summed E-state index contributed by atoms with van der Waals surface area (Å²) in [6.45, 7) is 1.86. The Balaban J connectivity index is 1.88. The molecule has 3 unspecified atom stereocenters. The van der Waals surface area contributed by atoms with Crippen molar-refractivity contribution >= 4 is 23.4 Å². The molecule has 1 N–H and O–H groups in total. The number of nitrogens with one attached hydrogen (secondary N) is 1. The molecule has 2 aliphatic carbocycles. The Bertz CT molecular complexity index is 546. The molecule has 0 aromatic carbocycles. The fraction of sp³-hybridized carbons (Fsp3) is 0.571. The number of hydrogen-bond donors (Lipinski definition) is 1. The van der Waals surface area contributed by atoms with E-state index in [0.29, 0.717) is 18.4 Å². The van der Waals surface area contributed by atoms with Gasteiger partial charge in [-0.2, -0.15) is 0 Å². The third kappa shape index (κ3) is 1.84. The zero-order valence-corrected chi connectivity index (χ0v) is 10.7. The molecule has 5 nitrogen and oxygen atoms in total. The Morgan fingerprint density at radius 3 is 2.47 bits per heavy atom. The summed E-state index contributed by atoms with van der Waals surface area (Å²) < 4.78 is 0. The first-order chi connectivity index (χ1) is 8.97. The molecule has 2 fully saturated rings. The number of ketones is 2. The van der Waals surface area contributed by atoms with Gasteiger partial charge in [-0.15, -0.1) is 0 Å². The van der Waals surface area contributed by atoms with Crippen molar-refractivity contribution in [3.05, 3.63) is 11.1 Å². The standard InChI is InChI=1S/C14H15NO4/c1-6-2-7(8-4-12(18)15-14(8)19)3-9-10(16)5-11(17)13(6)9/h7-9H,2-5H2,1H3,(H,15,18,19). The molecule has 0 aromatic rings. The average molecular weight is 261 g/mol. The van der Waals surface area contributed by atoms with E-state index in [2.05, 4.69) is 5.32 Å². The maximum atomic E-state index is 11.8. The van der Waals surface area contributed by atoms with Gasteiger partial charge in [0.05, 0.1) is 12.3 Å². The highest BCUT2D eigenvalue weighted by atomic mass is 16.2. The summed E-state index contributed by atoms with van der Waals surface area (Å²) in [4.78, 5) is 46.6. The fourth-order valence-electron chi connectivity index (χ4n) is 3.67. The number of Topliss-reactive ketones (excluding diaryl/α,β-unsaturated/α-hetero) is 2. The molecule has 1 saturated carbocycles. The molecule has 0 spiro atoms. The third-order valence-electron chi connectivity index (χ3n) is 4.51. The van der Waals surface area contributed by atoms with Crippen molar-refractivity contribution in [2.75, 3.05) is 0 Å². The van der Waals surface area contributed by atoms with E-state index in [1.165, 1.54) is 0 Å². The Morgan fingerprint density at radius 2 is 1.84 bits per heavy atom. The Hall–Kier alpha value is -1.78. The zero-order chi connectivity index (χ0) is 13.7. The maximum absolute atomic E-state index is 11.8. The summed E-state index contributed by atoms with van der Waals surface area (Å²) in [6.07, 6.45) is 1.37. The largest absolute Gasteiger partial charge is 0.299 e. The summed E-state index contributed by atoms with van der Waals surface area (Å²) >= 11 is 0. The van der Waals surface area contributed by atoms with E-state index in [0.717, 1.165) is 5.57 Å². The zero-order valence-electron chi connectivity index (χ0n) is 10.7. The van der Waals surface area contributed by atoms with Crippen molar-refractivity contribution < 1.29 is 19.2 Å². The van der Waals surface area contributed by atoms with Crippen LogP contribution in [0.25, 0.3) is 0 Å². The number of rotatable bonds is 1. The van der Waals surface area contributed by atoms with Gasteiger partial charge in [-0.25, -0.2) is 0 Å². The van der Waals surface area contributed by atoms with Gasteiger partial charge >= 0.3 is 0 Å². The molecule has 0 aromatic heterocycles. The normalized spacial score (nSPS) is 34.9. The van der Waals surface area contributed by atoms with Crippen LogP contribution in [-0.2, 0) is 19.2 Å². The minimum atomic E-state index is -0.340. The van der Waals surface area contributed by atoms with E-state index >= 15 is 0 Å². The first-order valence-electron chi connectivity index (χ1n) is 6.56. The number of amides is 2. The summed E-state index contributed by atoms with van der Waals surface area (Å²) in [5, 5.41) is 2.31. The van der Waals surface area contributed by atoms with Gasteiger partial charge in [-0.1, -0.05) is 5.57 Å². The fourth-order valence-corrected chi connectivity index (χ4v) is 3.67. The van der Waals surface area contributed by atoms with Crippen LogP contribution in [0.5, 0.6) is 0 Å². The predicted octanol–water partition coefficient (Wildman–Crippen LogP) is 0.534. The molecule has 0 bridgehead atoms. The van der Waals surface area contributed by atoms with Gasteiger partial charge in [-0.3, -0.25) is 24.5 Å². The number of imide groups is 1. The summed E-state index contributed by atoms with van der Waals surface area (Å²) in [6, 6.07) is 0. The van der Waals surface area contributed by atoms with Gasteiger partial charge in [0.25, 0.3) is 0 Å². The van der Waals surface area contributed by atoms with Crippen LogP contribution in [0.15, 0.2) is 11.1 Å². The van der Waals surface area contributed by atoms with Gasteiger partial charge < -0.3 is 0 Å². The van der Waals surface area contributed by atoms with Gasteiger partial charge in [0.2, 0.25) is 11.8 Å². The topological polar surface area (TPSA) is 80.3 Å². The Morgan fingerprint density at radius 1 is 1.11 bits per heavy atom. The summed E-state index contributed by atoms with van der Waals surface area (Å²) in [7, 11) is 0. The average Bonchev–Trinajstić information content (AvgIpc) is 2.80. The van der Waals surface area contributed by atoms with Crippen LogP contribution in [0.4, 0.5) is 0 Å². The SMILES string of the molecule is CC1=C2C(=O)CC(=O)C2CC(C2CC(=O)NC2=O)C1. The van der Waals surface area contributed by atoms with Crippen molar-refractivity contribution in [1.82, 2.24) is 5.32 Å². The van der Waals surface area contributed by atoms with Gasteiger partial charge in [0, 0.05) is 17.9 Å². The van der Waals surface area contributed by atoms with Crippen molar-refractivity contribution in [3.63, 3.8) is 0 Å². The second-order valence-electron chi connectivity index (χ2n) is 5.74. The van der Waals surface area contributed by atoms with E-state index in [4.69, 9.17) is 0 Å². The van der Waals surface area contributed by atoms with Crippen LogP contribution in [0.1, 0.15) is 32.6 Å². The molecule has 100 valence electrons. The van der Waals surface area contributed by atoms with Crippen molar-refractivity contribution in [2.24, 2.45) is 17.8 Å². The third-order valence-corrected chi connectivity index (χ3v) is 4.51. The molecule has 5 heteroatoms. The number of hydrogen-bond acceptors (Lipinski definition) is 4. The highest BCUT2D eigenvalue weighted by Crippen LogP contribution is 2.44. The predicted molar refractivity (Wildman–Crippen MR) is 64.8 cm³/mol. The molecule has 3 atom stereocenters. The molecule has 3 rings (SSSR count). The van der Waals surface area contributed by atoms with E-state index in [1.807, 2.05) is 6.92 Å². The van der Waals surface area contributed by atoms with Gasteiger partial charge in [0.1, 0.15) is 5.78 Å². The van der Waals surface area contributed by atoms with Crippen LogP contribution in [0.2, 0.25) is 0 Å². The second kappa shape index (κ2) is 4.11. The molecule has 1 heterocycles. The van der Waals surface area contributed by atoms with E-state index in [1.54, 1.807) is 0 Å². The van der Waals surface area contributed by atoms with Gasteiger partial charge in [-0.05, 0) is 25.7 Å².